The Morgan fingerprint density at radius 3 is 1.23 bits per heavy atom. The first kappa shape index (κ1) is 14.2. The predicted molar refractivity (Wildman–Crippen MR) is 88.9 cm³/mol. The summed E-state index contributed by atoms with van der Waals surface area (Å²) >= 11 is 0. The van der Waals surface area contributed by atoms with Gasteiger partial charge in [0.25, 0.3) is 0 Å². The molecule has 3 aromatic rings. The van der Waals surface area contributed by atoms with Gasteiger partial charge in [-0.2, -0.15) is 0 Å². The Morgan fingerprint density at radius 2 is 0.864 bits per heavy atom. The lowest BCUT2D eigenvalue weighted by molar-refractivity contribution is 0.463. The van der Waals surface area contributed by atoms with Crippen LogP contribution in [0.2, 0.25) is 0 Å². The molecule has 0 spiro atoms. The fourth-order valence-electron chi connectivity index (χ4n) is 2.22. The molecule has 2 heteroatoms. The lowest BCUT2D eigenvalue weighted by Gasteiger charge is -2.15. The van der Waals surface area contributed by atoms with Gasteiger partial charge in [-0.1, -0.05) is 36.4 Å². The number of hydrogen-bond acceptors (Lipinski definition) is 2. The predicted octanol–water partition coefficient (Wildman–Crippen LogP) is 5.89. The molecule has 0 atom stereocenters. The largest absolute Gasteiger partial charge is 0.457 e. The van der Waals surface area contributed by atoms with Crippen molar-refractivity contribution in [3.05, 3.63) is 83.9 Å². The van der Waals surface area contributed by atoms with Crippen LogP contribution in [0.15, 0.2) is 72.8 Å². The van der Waals surface area contributed by atoms with E-state index in [0.717, 1.165) is 34.1 Å². The molecule has 0 heterocycles. The molecule has 110 valence electrons. The molecule has 2 nitrogen and oxygen atoms in total. The van der Waals surface area contributed by atoms with Gasteiger partial charge in [0.2, 0.25) is 0 Å². The molecule has 0 N–H and O–H groups in total. The van der Waals surface area contributed by atoms with E-state index < -0.39 is 0 Å². The van der Waals surface area contributed by atoms with Gasteiger partial charge in [-0.3, -0.25) is 0 Å². The summed E-state index contributed by atoms with van der Waals surface area (Å²) in [4.78, 5) is 0. The lowest BCUT2D eigenvalue weighted by atomic mass is 10.1. The first-order valence-electron chi connectivity index (χ1n) is 7.30. The maximum Gasteiger partial charge on any atom is 0.130 e. The van der Waals surface area contributed by atoms with Gasteiger partial charge < -0.3 is 9.47 Å². The van der Waals surface area contributed by atoms with Gasteiger partial charge in [0.15, 0.2) is 0 Å². The average molecular weight is 290 g/mol. The minimum absolute atomic E-state index is 0.835. The number of para-hydroxylation sites is 2. The maximum absolute atomic E-state index is 5.94. The van der Waals surface area contributed by atoms with E-state index in [-0.39, 0.29) is 0 Å². The highest BCUT2D eigenvalue weighted by Gasteiger charge is 2.10. The topological polar surface area (TPSA) is 18.5 Å². The second-order valence-electron chi connectivity index (χ2n) is 5.14. The van der Waals surface area contributed by atoms with Crippen molar-refractivity contribution in [2.75, 3.05) is 0 Å². The van der Waals surface area contributed by atoms with E-state index in [9.17, 15) is 0 Å². The molecule has 3 aromatic carbocycles. The third kappa shape index (κ3) is 3.12. The zero-order chi connectivity index (χ0) is 15.4. The van der Waals surface area contributed by atoms with Crippen LogP contribution in [0.4, 0.5) is 0 Å². The zero-order valence-electron chi connectivity index (χ0n) is 12.7. The molecule has 3 rings (SSSR count). The van der Waals surface area contributed by atoms with Gasteiger partial charge in [-0.25, -0.2) is 0 Å². The molecule has 0 aromatic heterocycles. The van der Waals surface area contributed by atoms with Crippen molar-refractivity contribution < 1.29 is 9.47 Å². The molecule has 0 amide bonds. The Labute approximate surface area is 131 Å². The van der Waals surface area contributed by atoms with Crippen molar-refractivity contribution in [2.24, 2.45) is 0 Å². The molecule has 0 unspecified atom stereocenters. The number of ether oxygens (including phenoxy) is 2. The fourth-order valence-corrected chi connectivity index (χ4v) is 2.22. The summed E-state index contributed by atoms with van der Waals surface area (Å²) < 4.78 is 11.9. The lowest BCUT2D eigenvalue weighted by Crippen LogP contribution is -1.94. The first-order valence-corrected chi connectivity index (χ1v) is 7.30. The van der Waals surface area contributed by atoms with E-state index in [1.807, 2.05) is 86.6 Å². The molecule has 0 aliphatic rings. The average Bonchev–Trinajstić information content (AvgIpc) is 2.56. The van der Waals surface area contributed by atoms with Crippen LogP contribution in [0.5, 0.6) is 23.0 Å². The Balaban J connectivity index is 1.85. The maximum atomic E-state index is 5.94. The second kappa shape index (κ2) is 6.35. The Kier molecular flexibility index (Phi) is 4.10. The van der Waals surface area contributed by atoms with Crippen LogP contribution in [0.3, 0.4) is 0 Å². The van der Waals surface area contributed by atoms with Crippen molar-refractivity contribution in [3.8, 4) is 23.0 Å². The van der Waals surface area contributed by atoms with Crippen molar-refractivity contribution in [3.63, 3.8) is 0 Å². The molecule has 0 aliphatic carbocycles. The summed E-state index contributed by atoms with van der Waals surface area (Å²) in [5.41, 5.74) is 2.16. The highest BCUT2D eigenvalue weighted by atomic mass is 16.5. The third-order valence-corrected chi connectivity index (χ3v) is 3.63. The van der Waals surface area contributed by atoms with Gasteiger partial charge in [0, 0.05) is 0 Å². The van der Waals surface area contributed by atoms with Crippen molar-refractivity contribution in [2.45, 2.75) is 13.8 Å². The fraction of sp³-hybridized carbons (Fsp3) is 0.100. The zero-order valence-corrected chi connectivity index (χ0v) is 12.7. The van der Waals surface area contributed by atoms with Crippen LogP contribution >= 0.6 is 0 Å². The van der Waals surface area contributed by atoms with E-state index in [2.05, 4.69) is 0 Å². The van der Waals surface area contributed by atoms with Crippen LogP contribution in [0, 0.1) is 13.8 Å². The number of hydrogen-bond donors (Lipinski definition) is 0. The summed E-state index contributed by atoms with van der Waals surface area (Å²) in [6.07, 6.45) is 0. The van der Waals surface area contributed by atoms with Gasteiger partial charge in [-0.05, 0) is 61.4 Å². The van der Waals surface area contributed by atoms with Gasteiger partial charge >= 0.3 is 0 Å². The van der Waals surface area contributed by atoms with Crippen LogP contribution in [-0.4, -0.2) is 0 Å². The van der Waals surface area contributed by atoms with Crippen LogP contribution in [-0.2, 0) is 0 Å². The molecule has 0 bridgehead atoms. The SMILES string of the molecule is Cc1c(Oc2ccccc2)ccc(Oc2ccccc2)c1C. The standard InChI is InChI=1S/C20H18O2/c1-15-16(2)20(22-18-11-7-4-8-12-18)14-13-19(15)21-17-9-5-3-6-10-17/h3-14H,1-2H3. The number of rotatable bonds is 4. The van der Waals surface area contributed by atoms with Crippen LogP contribution in [0.25, 0.3) is 0 Å². The van der Waals surface area contributed by atoms with Crippen LogP contribution < -0.4 is 9.47 Å². The monoisotopic (exact) mass is 290 g/mol. The minimum atomic E-state index is 0.835. The first-order chi connectivity index (χ1) is 10.7. The van der Waals surface area contributed by atoms with E-state index in [0.29, 0.717) is 0 Å². The second-order valence-corrected chi connectivity index (χ2v) is 5.14. The Morgan fingerprint density at radius 1 is 0.500 bits per heavy atom. The van der Waals surface area contributed by atoms with Gasteiger partial charge in [0.1, 0.15) is 23.0 Å². The van der Waals surface area contributed by atoms with Gasteiger partial charge in [-0.15, -0.1) is 0 Å². The molecular formula is C20H18O2. The molecule has 0 fully saturated rings. The van der Waals surface area contributed by atoms with E-state index >= 15 is 0 Å². The Hall–Kier alpha value is -2.74. The number of benzene rings is 3. The summed E-state index contributed by atoms with van der Waals surface area (Å²) in [7, 11) is 0. The van der Waals surface area contributed by atoms with Crippen molar-refractivity contribution in [1.82, 2.24) is 0 Å². The molecule has 0 saturated carbocycles. The van der Waals surface area contributed by atoms with E-state index in [1.165, 1.54) is 0 Å². The summed E-state index contributed by atoms with van der Waals surface area (Å²) in [6, 6.07) is 23.5. The third-order valence-electron chi connectivity index (χ3n) is 3.63. The normalized spacial score (nSPS) is 10.3. The summed E-state index contributed by atoms with van der Waals surface area (Å²) in [6.45, 7) is 4.09. The Bertz CT molecular complexity index is 683. The molecular weight excluding hydrogens is 272 g/mol. The minimum Gasteiger partial charge on any atom is -0.457 e. The molecule has 0 radical (unpaired) electrons. The van der Waals surface area contributed by atoms with Crippen molar-refractivity contribution >= 4 is 0 Å². The van der Waals surface area contributed by atoms with Crippen LogP contribution in [0.1, 0.15) is 11.1 Å². The highest BCUT2D eigenvalue weighted by molar-refractivity contribution is 5.49. The molecule has 22 heavy (non-hydrogen) atoms. The van der Waals surface area contributed by atoms with E-state index in [1.54, 1.807) is 0 Å². The molecule has 0 saturated heterocycles. The quantitative estimate of drug-likeness (QED) is 0.596. The smallest absolute Gasteiger partial charge is 0.130 e. The van der Waals surface area contributed by atoms with Gasteiger partial charge in [0.05, 0.1) is 0 Å². The summed E-state index contributed by atoms with van der Waals surface area (Å²) in [5, 5.41) is 0. The highest BCUT2D eigenvalue weighted by Crippen LogP contribution is 2.34. The van der Waals surface area contributed by atoms with E-state index in [4.69, 9.17) is 9.47 Å². The van der Waals surface area contributed by atoms with Crippen molar-refractivity contribution in [1.29, 1.82) is 0 Å². The molecule has 0 aliphatic heterocycles. The summed E-state index contributed by atoms with van der Waals surface area (Å²) in [5.74, 6) is 3.37.